The highest BCUT2D eigenvalue weighted by atomic mass is 16.5. The van der Waals surface area contributed by atoms with E-state index in [0.29, 0.717) is 13.0 Å². The fraction of sp³-hybridized carbons (Fsp3) is 0.778. The summed E-state index contributed by atoms with van der Waals surface area (Å²) in [5, 5.41) is 8.22. The van der Waals surface area contributed by atoms with Crippen LogP contribution in [0.15, 0.2) is 0 Å². The van der Waals surface area contributed by atoms with Crippen LogP contribution in [0.25, 0.3) is 0 Å². The topological polar surface area (TPSA) is 63.6 Å². The van der Waals surface area contributed by atoms with Gasteiger partial charge in [0, 0.05) is 13.0 Å². The summed E-state index contributed by atoms with van der Waals surface area (Å²) in [6, 6.07) is 0. The second-order valence-corrected chi connectivity index (χ2v) is 2.96. The predicted octanol–water partition coefficient (Wildman–Crippen LogP) is 1.24. The van der Waals surface area contributed by atoms with Crippen LogP contribution in [0.1, 0.15) is 32.6 Å². The molecule has 0 aliphatic heterocycles. The Kier molecular flexibility index (Phi) is 7.20. The fourth-order valence-electron chi connectivity index (χ4n) is 0.914. The van der Waals surface area contributed by atoms with E-state index >= 15 is 0 Å². The Bertz CT molecular complexity index is 147. The van der Waals surface area contributed by atoms with E-state index in [1.165, 1.54) is 0 Å². The molecule has 0 aromatic carbocycles. The molecule has 0 atom stereocenters. The van der Waals surface area contributed by atoms with Gasteiger partial charge in [-0.15, -0.1) is 0 Å². The third-order valence-corrected chi connectivity index (χ3v) is 1.54. The third kappa shape index (κ3) is 11.1. The molecular formula is C9H16O4. The Balaban J connectivity index is 3.00. The van der Waals surface area contributed by atoms with Crippen LogP contribution in [0.2, 0.25) is 0 Å². The molecule has 0 rings (SSSR count). The number of hydrogen-bond donors (Lipinski definition) is 1. The van der Waals surface area contributed by atoms with Crippen molar-refractivity contribution >= 4 is 11.8 Å². The summed E-state index contributed by atoms with van der Waals surface area (Å²) in [5.74, 6) is -0.741. The number of unbranched alkanes of at least 4 members (excludes halogenated alkanes) is 2. The molecule has 0 spiro atoms. The highest BCUT2D eigenvalue weighted by Gasteiger charge is 1.96. The zero-order valence-electron chi connectivity index (χ0n) is 7.91. The standard InChI is InChI=1S/C9H16O4/c1-8(10)5-3-2-4-6-13-7-9(11)12/h2-7H2,1H3,(H,11,12). The summed E-state index contributed by atoms with van der Waals surface area (Å²) in [5.41, 5.74) is 0. The minimum absolute atomic E-state index is 0.200. The van der Waals surface area contributed by atoms with Gasteiger partial charge >= 0.3 is 5.97 Å². The van der Waals surface area contributed by atoms with Crippen LogP contribution in [0.3, 0.4) is 0 Å². The fourth-order valence-corrected chi connectivity index (χ4v) is 0.914. The number of carboxylic acid groups (broad SMARTS) is 1. The molecule has 0 radical (unpaired) electrons. The first-order valence-corrected chi connectivity index (χ1v) is 4.42. The van der Waals surface area contributed by atoms with Crippen LogP contribution in [-0.2, 0) is 14.3 Å². The van der Waals surface area contributed by atoms with Crippen LogP contribution < -0.4 is 0 Å². The second-order valence-electron chi connectivity index (χ2n) is 2.96. The molecule has 4 nitrogen and oxygen atoms in total. The van der Waals surface area contributed by atoms with Gasteiger partial charge in [0.05, 0.1) is 0 Å². The number of carboxylic acids is 1. The Hall–Kier alpha value is -0.900. The molecule has 76 valence electrons. The molecule has 0 aromatic rings. The Morgan fingerprint density at radius 3 is 2.46 bits per heavy atom. The second kappa shape index (κ2) is 7.73. The summed E-state index contributed by atoms with van der Waals surface area (Å²) in [4.78, 5) is 20.5. The van der Waals surface area contributed by atoms with Crippen LogP contribution in [0.5, 0.6) is 0 Å². The molecular weight excluding hydrogens is 172 g/mol. The number of hydrogen-bond acceptors (Lipinski definition) is 3. The van der Waals surface area contributed by atoms with Crippen LogP contribution in [0.4, 0.5) is 0 Å². The molecule has 0 aromatic heterocycles. The summed E-state index contributed by atoms with van der Waals surface area (Å²) in [7, 11) is 0. The normalized spacial score (nSPS) is 9.92. The molecule has 0 bridgehead atoms. The monoisotopic (exact) mass is 188 g/mol. The molecule has 0 aliphatic rings. The van der Waals surface area contributed by atoms with Crippen molar-refractivity contribution in [3.05, 3.63) is 0 Å². The number of aliphatic carboxylic acids is 1. The van der Waals surface area contributed by atoms with Gasteiger partial charge in [-0.25, -0.2) is 4.79 Å². The summed E-state index contributed by atoms with van der Waals surface area (Å²) >= 11 is 0. The van der Waals surface area contributed by atoms with Crippen molar-refractivity contribution in [3.8, 4) is 0 Å². The van der Waals surface area contributed by atoms with Crippen LogP contribution in [-0.4, -0.2) is 30.1 Å². The van der Waals surface area contributed by atoms with Gasteiger partial charge in [-0.1, -0.05) is 6.42 Å². The molecule has 13 heavy (non-hydrogen) atoms. The van der Waals surface area contributed by atoms with Crippen molar-refractivity contribution in [2.24, 2.45) is 0 Å². The average molecular weight is 188 g/mol. The first kappa shape index (κ1) is 12.1. The van der Waals surface area contributed by atoms with Crippen molar-refractivity contribution < 1.29 is 19.4 Å². The molecule has 0 heterocycles. The Morgan fingerprint density at radius 2 is 1.92 bits per heavy atom. The van der Waals surface area contributed by atoms with E-state index in [0.717, 1.165) is 19.3 Å². The van der Waals surface area contributed by atoms with E-state index in [-0.39, 0.29) is 12.4 Å². The predicted molar refractivity (Wildman–Crippen MR) is 47.6 cm³/mol. The van der Waals surface area contributed by atoms with Crippen molar-refractivity contribution in [3.63, 3.8) is 0 Å². The maximum atomic E-state index is 10.5. The van der Waals surface area contributed by atoms with Gasteiger partial charge in [0.2, 0.25) is 0 Å². The lowest BCUT2D eigenvalue weighted by Crippen LogP contribution is -2.07. The molecule has 0 saturated heterocycles. The van der Waals surface area contributed by atoms with E-state index in [4.69, 9.17) is 9.84 Å². The number of carbonyl (C=O) groups excluding carboxylic acids is 1. The summed E-state index contributed by atoms with van der Waals surface area (Å²) < 4.78 is 4.82. The van der Waals surface area contributed by atoms with E-state index in [1.54, 1.807) is 6.92 Å². The van der Waals surface area contributed by atoms with Gasteiger partial charge in [0.1, 0.15) is 12.4 Å². The number of ether oxygens (including phenoxy) is 1. The minimum atomic E-state index is -0.941. The van der Waals surface area contributed by atoms with Gasteiger partial charge in [-0.2, -0.15) is 0 Å². The Labute approximate surface area is 77.9 Å². The van der Waals surface area contributed by atoms with Crippen LogP contribution in [0, 0.1) is 0 Å². The van der Waals surface area contributed by atoms with Crippen molar-refractivity contribution in [2.75, 3.05) is 13.2 Å². The first-order chi connectivity index (χ1) is 6.13. The SMILES string of the molecule is CC(=O)CCCCCOCC(=O)O. The number of ketones is 1. The zero-order chi connectivity index (χ0) is 10.1. The lowest BCUT2D eigenvalue weighted by Gasteiger charge is -2.00. The maximum absolute atomic E-state index is 10.5. The maximum Gasteiger partial charge on any atom is 0.329 e. The van der Waals surface area contributed by atoms with Crippen molar-refractivity contribution in [1.29, 1.82) is 0 Å². The lowest BCUT2D eigenvalue weighted by atomic mass is 10.1. The van der Waals surface area contributed by atoms with Crippen LogP contribution >= 0.6 is 0 Å². The molecule has 0 saturated carbocycles. The van der Waals surface area contributed by atoms with E-state index < -0.39 is 5.97 Å². The zero-order valence-corrected chi connectivity index (χ0v) is 7.91. The average Bonchev–Trinajstić information content (AvgIpc) is 2.01. The van der Waals surface area contributed by atoms with Gasteiger partial charge in [0.25, 0.3) is 0 Å². The highest BCUT2D eigenvalue weighted by Crippen LogP contribution is 2.00. The lowest BCUT2D eigenvalue weighted by molar-refractivity contribution is -0.142. The van der Waals surface area contributed by atoms with Gasteiger partial charge in [-0.3, -0.25) is 0 Å². The summed E-state index contributed by atoms with van der Waals surface area (Å²) in [6.07, 6.45) is 3.21. The van der Waals surface area contributed by atoms with Gasteiger partial charge in [-0.05, 0) is 19.8 Å². The quantitative estimate of drug-likeness (QED) is 0.582. The van der Waals surface area contributed by atoms with Gasteiger partial charge < -0.3 is 14.6 Å². The molecule has 0 unspecified atom stereocenters. The minimum Gasteiger partial charge on any atom is -0.480 e. The molecule has 4 heteroatoms. The van der Waals surface area contributed by atoms with E-state index in [9.17, 15) is 9.59 Å². The number of rotatable bonds is 8. The third-order valence-electron chi connectivity index (χ3n) is 1.54. The van der Waals surface area contributed by atoms with Crippen molar-refractivity contribution in [1.82, 2.24) is 0 Å². The largest absolute Gasteiger partial charge is 0.480 e. The van der Waals surface area contributed by atoms with E-state index in [1.807, 2.05) is 0 Å². The summed E-state index contributed by atoms with van der Waals surface area (Å²) in [6.45, 7) is 1.80. The molecule has 0 fully saturated rings. The number of carbonyl (C=O) groups is 2. The number of Topliss-reactive ketones (excluding diaryl/α,β-unsaturated/α-hetero) is 1. The van der Waals surface area contributed by atoms with E-state index in [2.05, 4.69) is 0 Å². The highest BCUT2D eigenvalue weighted by molar-refractivity contribution is 5.75. The Morgan fingerprint density at radius 1 is 1.23 bits per heavy atom. The first-order valence-electron chi connectivity index (χ1n) is 4.42. The van der Waals surface area contributed by atoms with Crippen molar-refractivity contribution in [2.45, 2.75) is 32.6 Å². The molecule has 0 aliphatic carbocycles. The smallest absolute Gasteiger partial charge is 0.329 e. The molecule has 1 N–H and O–H groups in total. The molecule has 0 amide bonds. The van der Waals surface area contributed by atoms with Gasteiger partial charge in [0.15, 0.2) is 0 Å².